The van der Waals surface area contributed by atoms with Crippen molar-refractivity contribution in [2.75, 3.05) is 5.73 Å². The van der Waals surface area contributed by atoms with Gasteiger partial charge in [0.25, 0.3) is 11.8 Å². The van der Waals surface area contributed by atoms with Crippen LogP contribution >= 0.6 is 27.3 Å². The fourth-order valence-electron chi connectivity index (χ4n) is 2.64. The highest BCUT2D eigenvalue weighted by Gasteiger charge is 2.18. The lowest BCUT2D eigenvalue weighted by molar-refractivity contribution is -0.132. The first-order valence-electron chi connectivity index (χ1n) is 9.06. The van der Waals surface area contributed by atoms with Gasteiger partial charge in [0.1, 0.15) is 11.4 Å². The second kappa shape index (κ2) is 10.1. The number of nitrogens with two attached hydrogens (primary N) is 1. The Kier molecular flexibility index (Phi) is 7.23. The molecule has 1 aromatic heterocycles. The number of phenols is 1. The highest BCUT2D eigenvalue weighted by Crippen LogP contribution is 2.21. The van der Waals surface area contributed by atoms with Crippen molar-refractivity contribution in [3.05, 3.63) is 80.4 Å². The lowest BCUT2D eigenvalue weighted by Gasteiger charge is -2.10. The van der Waals surface area contributed by atoms with Crippen LogP contribution in [0, 0.1) is 0 Å². The normalized spacial score (nSPS) is 11.1. The van der Waals surface area contributed by atoms with Gasteiger partial charge in [-0.1, -0.05) is 23.5 Å². The number of carbonyl (C=O) groups excluding carboxylic acids is 2. The number of thiazole rings is 1. The summed E-state index contributed by atoms with van der Waals surface area (Å²) in [5, 5.41) is 24.2. The van der Waals surface area contributed by atoms with Crippen molar-refractivity contribution in [3.63, 3.8) is 0 Å². The second-order valence-electron chi connectivity index (χ2n) is 6.47. The van der Waals surface area contributed by atoms with Crippen LogP contribution in [0.4, 0.5) is 5.13 Å². The van der Waals surface area contributed by atoms with Crippen molar-refractivity contribution in [1.29, 1.82) is 0 Å². The van der Waals surface area contributed by atoms with E-state index in [0.717, 1.165) is 16.9 Å². The Morgan fingerprint density at radius 2 is 1.94 bits per heavy atom. The molecule has 0 bridgehead atoms. The molecule has 0 fully saturated rings. The number of halogens is 1. The zero-order chi connectivity index (χ0) is 23.3. The number of rotatable bonds is 7. The fraction of sp³-hybridized carbons (Fsp3) is 0.0476. The molecule has 0 saturated heterocycles. The summed E-state index contributed by atoms with van der Waals surface area (Å²) in [7, 11) is 0. The summed E-state index contributed by atoms with van der Waals surface area (Å²) in [5.41, 5.74) is 6.35. The third kappa shape index (κ3) is 5.93. The van der Waals surface area contributed by atoms with Crippen molar-refractivity contribution in [2.24, 2.45) is 0 Å². The molecule has 3 aromatic rings. The van der Waals surface area contributed by atoms with Crippen molar-refractivity contribution < 1.29 is 24.6 Å². The summed E-state index contributed by atoms with van der Waals surface area (Å²) in [6, 6.07) is 10.8. The highest BCUT2D eigenvalue weighted by molar-refractivity contribution is 9.10. The van der Waals surface area contributed by atoms with E-state index in [1.165, 1.54) is 42.6 Å². The van der Waals surface area contributed by atoms with E-state index in [-0.39, 0.29) is 34.6 Å². The molecule has 11 heteroatoms. The van der Waals surface area contributed by atoms with Crippen LogP contribution in [-0.2, 0) is 11.3 Å². The van der Waals surface area contributed by atoms with E-state index in [1.807, 2.05) is 0 Å². The number of carbonyl (C=O) groups is 3. The molecule has 164 valence electrons. The molecule has 2 amide bonds. The number of nitrogens with one attached hydrogen (secondary N) is 2. The summed E-state index contributed by atoms with van der Waals surface area (Å²) < 4.78 is 0.312. The Balaban J connectivity index is 1.70. The number of anilines is 1. The first-order chi connectivity index (χ1) is 15.2. The lowest BCUT2D eigenvalue weighted by Crippen LogP contribution is -2.28. The Labute approximate surface area is 194 Å². The van der Waals surface area contributed by atoms with Crippen LogP contribution in [0.2, 0.25) is 0 Å². The molecule has 0 unspecified atom stereocenters. The van der Waals surface area contributed by atoms with Gasteiger partial charge >= 0.3 is 5.97 Å². The summed E-state index contributed by atoms with van der Waals surface area (Å²) in [6.07, 6.45) is 2.65. The molecule has 0 atom stereocenters. The van der Waals surface area contributed by atoms with E-state index in [2.05, 4.69) is 31.5 Å². The second-order valence-corrected chi connectivity index (χ2v) is 8.41. The van der Waals surface area contributed by atoms with Gasteiger partial charge in [-0.2, -0.15) is 0 Å². The Hall–Kier alpha value is -3.70. The third-order valence-electron chi connectivity index (χ3n) is 4.15. The Bertz CT molecular complexity index is 1220. The molecule has 9 nitrogen and oxygen atoms in total. The smallest absolute Gasteiger partial charge is 0.352 e. The quantitative estimate of drug-likeness (QED) is 0.302. The van der Waals surface area contributed by atoms with E-state index >= 15 is 0 Å². The molecule has 0 aliphatic heterocycles. The van der Waals surface area contributed by atoms with Crippen molar-refractivity contribution in [3.8, 4) is 5.75 Å². The fourth-order valence-corrected chi connectivity index (χ4v) is 3.83. The number of aliphatic carboxylic acids is 1. The van der Waals surface area contributed by atoms with Crippen LogP contribution in [0.15, 0.2) is 58.8 Å². The van der Waals surface area contributed by atoms with Gasteiger partial charge in [-0.3, -0.25) is 9.59 Å². The minimum absolute atomic E-state index is 0.100. The summed E-state index contributed by atoms with van der Waals surface area (Å²) in [6.45, 7) is 0.210. The van der Waals surface area contributed by atoms with Gasteiger partial charge < -0.3 is 26.6 Å². The summed E-state index contributed by atoms with van der Waals surface area (Å²) in [4.78, 5) is 40.8. The van der Waals surface area contributed by atoms with Crippen LogP contribution in [0.3, 0.4) is 0 Å². The van der Waals surface area contributed by atoms with Crippen LogP contribution in [0.1, 0.15) is 31.2 Å². The van der Waals surface area contributed by atoms with Gasteiger partial charge in [0.15, 0.2) is 5.13 Å². The SMILES string of the molecule is Nc1ncc(/C=C(\NC(=O)c2ccc(C(=O)NCc3cccc(O)c3)cc2Br)C(=O)O)s1. The van der Waals surface area contributed by atoms with Crippen LogP contribution < -0.4 is 16.4 Å². The molecule has 0 aliphatic rings. The maximum atomic E-state index is 12.6. The zero-order valence-corrected chi connectivity index (χ0v) is 18.7. The summed E-state index contributed by atoms with van der Waals surface area (Å²) >= 11 is 4.33. The zero-order valence-electron chi connectivity index (χ0n) is 16.3. The number of hydrogen-bond donors (Lipinski definition) is 5. The molecular formula is C21H17BrN4O5S. The minimum Gasteiger partial charge on any atom is -0.508 e. The third-order valence-corrected chi connectivity index (χ3v) is 5.58. The molecule has 3 rings (SSSR count). The number of phenolic OH excluding ortho intramolecular Hbond substituents is 1. The lowest BCUT2D eigenvalue weighted by atomic mass is 10.1. The number of amides is 2. The van der Waals surface area contributed by atoms with Gasteiger partial charge in [-0.25, -0.2) is 9.78 Å². The number of nitrogens with zero attached hydrogens (tertiary/aromatic N) is 1. The predicted molar refractivity (Wildman–Crippen MR) is 123 cm³/mol. The summed E-state index contributed by atoms with van der Waals surface area (Å²) in [5.74, 6) is -2.28. The molecule has 0 spiro atoms. The molecule has 0 saturated carbocycles. The largest absolute Gasteiger partial charge is 0.508 e. The van der Waals surface area contributed by atoms with E-state index < -0.39 is 11.9 Å². The molecule has 0 aliphatic carbocycles. The maximum Gasteiger partial charge on any atom is 0.352 e. The average molecular weight is 517 g/mol. The van der Waals surface area contributed by atoms with Crippen LogP contribution in [-0.4, -0.2) is 33.0 Å². The van der Waals surface area contributed by atoms with Gasteiger partial charge in [-0.05, 0) is 57.9 Å². The number of nitrogen functional groups attached to an aromatic ring is 1. The Morgan fingerprint density at radius 3 is 2.56 bits per heavy atom. The van der Waals surface area contributed by atoms with E-state index in [4.69, 9.17) is 5.73 Å². The van der Waals surface area contributed by atoms with Crippen LogP contribution in [0.25, 0.3) is 6.08 Å². The van der Waals surface area contributed by atoms with E-state index in [0.29, 0.717) is 14.9 Å². The monoisotopic (exact) mass is 516 g/mol. The van der Waals surface area contributed by atoms with E-state index in [9.17, 15) is 24.6 Å². The van der Waals surface area contributed by atoms with Gasteiger partial charge in [0, 0.05) is 22.8 Å². The first-order valence-corrected chi connectivity index (χ1v) is 10.7. The van der Waals surface area contributed by atoms with E-state index in [1.54, 1.807) is 12.1 Å². The molecule has 6 N–H and O–H groups in total. The van der Waals surface area contributed by atoms with Gasteiger partial charge in [0.2, 0.25) is 0 Å². The van der Waals surface area contributed by atoms with Crippen molar-refractivity contribution in [2.45, 2.75) is 6.54 Å². The van der Waals surface area contributed by atoms with Crippen molar-refractivity contribution >= 4 is 56.3 Å². The molecule has 32 heavy (non-hydrogen) atoms. The standard InChI is InChI=1S/C21H17BrN4O5S/c22-16-7-12(18(28)24-9-11-2-1-3-13(27)6-11)4-5-15(16)19(29)26-17(20(30)31)8-14-10-25-21(23)32-14/h1-8,10,27H,9H2,(H2,23,25)(H,24,28)(H,26,29)(H,30,31)/b17-8-. The van der Waals surface area contributed by atoms with Gasteiger partial charge in [0.05, 0.1) is 10.4 Å². The topological polar surface area (TPSA) is 155 Å². The number of carboxylic acids is 1. The molecule has 1 heterocycles. The number of carboxylic acid groups (broad SMARTS) is 1. The average Bonchev–Trinajstić information content (AvgIpc) is 3.16. The maximum absolute atomic E-state index is 12.6. The number of hydrogen-bond acceptors (Lipinski definition) is 7. The van der Waals surface area contributed by atoms with Crippen molar-refractivity contribution in [1.82, 2.24) is 15.6 Å². The number of aromatic nitrogens is 1. The predicted octanol–water partition coefficient (Wildman–Crippen LogP) is 2.98. The molecule has 2 aromatic carbocycles. The Morgan fingerprint density at radius 1 is 1.16 bits per heavy atom. The number of benzene rings is 2. The molecular weight excluding hydrogens is 500 g/mol. The minimum atomic E-state index is -1.33. The molecule has 0 radical (unpaired) electrons. The highest BCUT2D eigenvalue weighted by atomic mass is 79.9. The van der Waals surface area contributed by atoms with Gasteiger partial charge in [-0.15, -0.1) is 0 Å². The number of aromatic hydroxyl groups is 1. The van der Waals surface area contributed by atoms with Crippen LogP contribution in [0.5, 0.6) is 5.75 Å². The first kappa shape index (κ1) is 23.0.